The Labute approximate surface area is 175 Å². The average Bonchev–Trinajstić information content (AvgIpc) is 2.88. The number of piperazine rings is 1. The molecule has 2 aliphatic rings. The Morgan fingerprint density at radius 2 is 1.97 bits per heavy atom. The summed E-state index contributed by atoms with van der Waals surface area (Å²) in [5, 5.41) is 23.4. The second kappa shape index (κ2) is 8.85. The number of quaternary nitrogens is 1. The molecule has 1 fully saturated rings. The number of para-hydroxylation sites is 2. The number of nitrogens with zero attached hydrogens (tertiary/aromatic N) is 2. The molecule has 2 aromatic rings. The van der Waals surface area contributed by atoms with E-state index in [0.29, 0.717) is 17.9 Å². The van der Waals surface area contributed by atoms with E-state index in [9.17, 15) is 15.2 Å². The summed E-state index contributed by atoms with van der Waals surface area (Å²) in [6, 6.07) is 9.71. The molecule has 1 aromatic heterocycles. The second-order valence-electron chi connectivity index (χ2n) is 7.83. The van der Waals surface area contributed by atoms with Crippen molar-refractivity contribution in [3.8, 4) is 11.8 Å². The molecule has 29 heavy (non-hydrogen) atoms. The Kier molecular flexibility index (Phi) is 6.02. The first-order valence-electron chi connectivity index (χ1n) is 10.4. The van der Waals surface area contributed by atoms with Gasteiger partial charge in [-0.3, -0.25) is 4.79 Å². The second-order valence-corrected chi connectivity index (χ2v) is 8.94. The number of thiophene rings is 1. The van der Waals surface area contributed by atoms with E-state index in [1.54, 1.807) is 17.4 Å². The maximum atomic E-state index is 12.6. The van der Waals surface area contributed by atoms with Crippen molar-refractivity contribution >= 4 is 27.9 Å². The van der Waals surface area contributed by atoms with Crippen LogP contribution in [0.25, 0.3) is 0 Å². The third kappa shape index (κ3) is 4.39. The number of benzene rings is 1. The van der Waals surface area contributed by atoms with Crippen LogP contribution in [-0.2, 0) is 17.6 Å². The van der Waals surface area contributed by atoms with Crippen LogP contribution in [0.3, 0.4) is 0 Å². The van der Waals surface area contributed by atoms with E-state index in [1.807, 2.05) is 18.2 Å². The molecule has 3 N–H and O–H groups in total. The summed E-state index contributed by atoms with van der Waals surface area (Å²) < 4.78 is 0. The number of anilines is 2. The number of rotatable bonds is 4. The summed E-state index contributed by atoms with van der Waals surface area (Å²) >= 11 is 1.59. The third-order valence-electron chi connectivity index (χ3n) is 5.89. The Bertz CT molecular complexity index is 925. The largest absolute Gasteiger partial charge is 0.506 e. The molecular weight excluding hydrogens is 384 g/mol. The molecule has 1 aromatic carbocycles. The lowest BCUT2D eigenvalue weighted by molar-refractivity contribution is -0.892. The highest BCUT2D eigenvalue weighted by Gasteiger charge is 2.25. The fourth-order valence-electron chi connectivity index (χ4n) is 4.32. The van der Waals surface area contributed by atoms with E-state index in [1.165, 1.54) is 16.2 Å². The molecule has 1 amide bonds. The van der Waals surface area contributed by atoms with Gasteiger partial charge in [-0.1, -0.05) is 18.6 Å². The van der Waals surface area contributed by atoms with Crippen LogP contribution in [0.1, 0.15) is 35.3 Å². The lowest BCUT2D eigenvalue weighted by Crippen LogP contribution is -3.15. The van der Waals surface area contributed by atoms with E-state index in [4.69, 9.17) is 0 Å². The summed E-state index contributed by atoms with van der Waals surface area (Å²) in [5.41, 5.74) is 2.70. The van der Waals surface area contributed by atoms with Crippen LogP contribution < -0.4 is 15.1 Å². The molecule has 4 rings (SSSR count). The van der Waals surface area contributed by atoms with Crippen molar-refractivity contribution in [2.24, 2.45) is 0 Å². The SMILES string of the molecule is N#Cc1c(NC(=O)C[NH+]2CCN(c3ccccc3O)CC2)sc2c1CCCCC2. The zero-order valence-corrected chi connectivity index (χ0v) is 17.4. The predicted octanol–water partition coefficient (Wildman–Crippen LogP) is 1.94. The lowest BCUT2D eigenvalue weighted by Gasteiger charge is -2.33. The smallest absolute Gasteiger partial charge is 0.280 e. The van der Waals surface area contributed by atoms with E-state index in [2.05, 4.69) is 16.3 Å². The molecule has 1 saturated heterocycles. The van der Waals surface area contributed by atoms with Gasteiger partial charge in [0, 0.05) is 4.88 Å². The van der Waals surface area contributed by atoms with Crippen molar-refractivity contribution in [3.05, 3.63) is 40.3 Å². The minimum absolute atomic E-state index is 0.0242. The summed E-state index contributed by atoms with van der Waals surface area (Å²) in [7, 11) is 0. The van der Waals surface area contributed by atoms with Crippen LogP contribution in [0.4, 0.5) is 10.7 Å². The quantitative estimate of drug-likeness (QED) is 0.672. The van der Waals surface area contributed by atoms with Gasteiger partial charge in [0.2, 0.25) is 0 Å². The maximum absolute atomic E-state index is 12.6. The van der Waals surface area contributed by atoms with Gasteiger partial charge in [-0.15, -0.1) is 11.3 Å². The topological polar surface area (TPSA) is 80.8 Å². The van der Waals surface area contributed by atoms with Gasteiger partial charge in [0.05, 0.1) is 37.4 Å². The van der Waals surface area contributed by atoms with Gasteiger partial charge < -0.3 is 20.2 Å². The molecule has 7 heteroatoms. The zero-order chi connectivity index (χ0) is 20.2. The number of nitrogens with one attached hydrogen (secondary N) is 2. The van der Waals surface area contributed by atoms with Crippen LogP contribution in [0.5, 0.6) is 5.75 Å². The monoisotopic (exact) mass is 411 g/mol. The standard InChI is InChI=1S/C22H26N4O2S/c23-14-17-16-6-2-1-3-9-20(16)29-22(17)24-21(28)15-25-10-12-26(13-11-25)18-7-4-5-8-19(18)27/h4-5,7-8,27H,1-3,6,9-13,15H2,(H,24,28)/p+1. The number of hydrogen-bond acceptors (Lipinski definition) is 5. The first kappa shape index (κ1) is 19.7. The molecule has 1 aliphatic heterocycles. The van der Waals surface area contributed by atoms with E-state index in [0.717, 1.165) is 68.1 Å². The van der Waals surface area contributed by atoms with Crippen LogP contribution in [-0.4, -0.2) is 43.7 Å². The number of aromatic hydroxyl groups is 1. The van der Waals surface area contributed by atoms with Gasteiger partial charge in [-0.25, -0.2) is 0 Å². The van der Waals surface area contributed by atoms with Crippen molar-refractivity contribution in [1.82, 2.24) is 0 Å². The normalized spacial score (nSPS) is 17.3. The molecule has 0 saturated carbocycles. The Morgan fingerprint density at radius 1 is 1.21 bits per heavy atom. The molecule has 0 atom stereocenters. The Balaban J connectivity index is 1.34. The Morgan fingerprint density at radius 3 is 2.72 bits per heavy atom. The third-order valence-corrected chi connectivity index (χ3v) is 7.10. The fourth-order valence-corrected chi connectivity index (χ4v) is 5.57. The Hall–Kier alpha value is -2.56. The number of carbonyl (C=O) groups is 1. The highest BCUT2D eigenvalue weighted by Crippen LogP contribution is 2.36. The number of phenols is 1. The predicted molar refractivity (Wildman–Crippen MR) is 115 cm³/mol. The molecule has 0 spiro atoms. The number of amides is 1. The van der Waals surface area contributed by atoms with E-state index >= 15 is 0 Å². The average molecular weight is 412 g/mol. The van der Waals surface area contributed by atoms with Crippen molar-refractivity contribution in [3.63, 3.8) is 0 Å². The fraction of sp³-hybridized carbons (Fsp3) is 0.455. The lowest BCUT2D eigenvalue weighted by atomic mass is 10.1. The molecule has 0 radical (unpaired) electrons. The van der Waals surface area contributed by atoms with E-state index in [-0.39, 0.29) is 5.91 Å². The summed E-state index contributed by atoms with van der Waals surface area (Å²) in [5.74, 6) is 0.277. The van der Waals surface area contributed by atoms with E-state index < -0.39 is 0 Å². The van der Waals surface area contributed by atoms with Crippen LogP contribution in [0.2, 0.25) is 0 Å². The van der Waals surface area contributed by atoms with Crippen LogP contribution in [0, 0.1) is 11.3 Å². The first-order valence-corrected chi connectivity index (χ1v) is 11.2. The molecule has 6 nitrogen and oxygen atoms in total. The van der Waals surface area contributed by atoms with Crippen molar-refractivity contribution in [2.45, 2.75) is 32.1 Å². The van der Waals surface area contributed by atoms with Gasteiger partial charge in [0.15, 0.2) is 6.54 Å². The summed E-state index contributed by atoms with van der Waals surface area (Å²) in [4.78, 5) is 17.3. The number of nitriles is 1. The number of hydrogen-bond donors (Lipinski definition) is 3. The number of aryl methyl sites for hydroxylation is 1. The molecule has 0 unspecified atom stereocenters. The first-order chi connectivity index (χ1) is 14.2. The number of fused-ring (bicyclic) bond motifs is 1. The van der Waals surface area contributed by atoms with Crippen molar-refractivity contribution in [2.75, 3.05) is 42.9 Å². The molecule has 2 heterocycles. The molecule has 1 aliphatic carbocycles. The summed E-state index contributed by atoms with van der Waals surface area (Å²) in [6.45, 7) is 3.69. The minimum Gasteiger partial charge on any atom is -0.506 e. The minimum atomic E-state index is -0.0242. The molecule has 0 bridgehead atoms. The summed E-state index contributed by atoms with van der Waals surface area (Å²) in [6.07, 6.45) is 5.46. The number of phenolic OH excluding ortho intramolecular Hbond substituents is 1. The highest BCUT2D eigenvalue weighted by molar-refractivity contribution is 7.16. The molecular formula is C22H27N4O2S+. The van der Waals surface area contributed by atoms with Crippen LogP contribution in [0.15, 0.2) is 24.3 Å². The highest BCUT2D eigenvalue weighted by atomic mass is 32.1. The van der Waals surface area contributed by atoms with Gasteiger partial charge in [0.25, 0.3) is 5.91 Å². The maximum Gasteiger partial charge on any atom is 0.280 e. The van der Waals surface area contributed by atoms with Crippen LogP contribution >= 0.6 is 11.3 Å². The van der Waals surface area contributed by atoms with Crippen molar-refractivity contribution < 1.29 is 14.8 Å². The number of carbonyl (C=O) groups excluding carboxylic acids is 1. The van der Waals surface area contributed by atoms with Gasteiger partial charge in [0.1, 0.15) is 16.8 Å². The van der Waals surface area contributed by atoms with Gasteiger partial charge in [-0.2, -0.15) is 5.26 Å². The van der Waals surface area contributed by atoms with Gasteiger partial charge in [-0.05, 0) is 43.4 Å². The van der Waals surface area contributed by atoms with Gasteiger partial charge >= 0.3 is 0 Å². The zero-order valence-electron chi connectivity index (χ0n) is 16.5. The van der Waals surface area contributed by atoms with Crippen molar-refractivity contribution in [1.29, 1.82) is 5.26 Å². The molecule has 152 valence electrons.